The number of likely N-dealkylation sites (N-methyl/N-ethyl adjacent to an activating group) is 1. The predicted octanol–water partition coefficient (Wildman–Crippen LogP) is 3.27. The molecule has 0 aliphatic carbocycles. The van der Waals surface area contributed by atoms with Crippen LogP contribution in [-0.4, -0.2) is 42.9 Å². The Balaban J connectivity index is 1.82. The first-order chi connectivity index (χ1) is 13.6. The maximum Gasteiger partial charge on any atom is 0.416 e. The molecule has 0 heterocycles. The molecule has 0 fully saturated rings. The van der Waals surface area contributed by atoms with Crippen LogP contribution in [0.5, 0.6) is 0 Å². The molecule has 9 heteroatoms. The Morgan fingerprint density at radius 1 is 1.00 bits per heavy atom. The summed E-state index contributed by atoms with van der Waals surface area (Å²) < 4.78 is 42.4. The quantitative estimate of drug-likeness (QED) is 0.745. The van der Waals surface area contributed by atoms with E-state index in [2.05, 4.69) is 5.32 Å². The van der Waals surface area contributed by atoms with Crippen molar-refractivity contribution in [2.75, 3.05) is 25.5 Å². The molecule has 2 rings (SSSR count). The number of aryl methyl sites for hydroxylation is 1. The van der Waals surface area contributed by atoms with E-state index < -0.39 is 36.1 Å². The van der Waals surface area contributed by atoms with Gasteiger partial charge in [0.1, 0.15) is 0 Å². The summed E-state index contributed by atoms with van der Waals surface area (Å²) >= 11 is 0. The van der Waals surface area contributed by atoms with Gasteiger partial charge in [0, 0.05) is 12.7 Å². The number of anilines is 1. The number of carbonyl (C=O) groups excluding carboxylic acids is 3. The van der Waals surface area contributed by atoms with Gasteiger partial charge >= 0.3 is 12.1 Å². The van der Waals surface area contributed by atoms with Crippen LogP contribution in [0.15, 0.2) is 48.5 Å². The highest BCUT2D eigenvalue weighted by Crippen LogP contribution is 2.29. The Morgan fingerprint density at radius 3 is 2.14 bits per heavy atom. The van der Waals surface area contributed by atoms with Gasteiger partial charge < -0.3 is 15.0 Å². The van der Waals surface area contributed by atoms with E-state index in [-0.39, 0.29) is 12.1 Å². The first kappa shape index (κ1) is 21.9. The summed E-state index contributed by atoms with van der Waals surface area (Å²) in [5.41, 5.74) is 0.593. The van der Waals surface area contributed by atoms with Crippen molar-refractivity contribution >= 4 is 23.5 Å². The molecule has 0 radical (unpaired) electrons. The zero-order chi connectivity index (χ0) is 21.6. The standard InChI is InChI=1S/C20H19F3N2O4/c1-13-3-9-16(10-4-13)24-17(26)11-25(2)18(27)12-29-19(28)14-5-7-15(8-6-14)20(21,22)23/h3-10H,11-12H2,1-2H3,(H,24,26). The number of ether oxygens (including phenoxy) is 1. The molecule has 6 nitrogen and oxygen atoms in total. The number of halogens is 3. The van der Waals surface area contributed by atoms with E-state index >= 15 is 0 Å². The van der Waals surface area contributed by atoms with Gasteiger partial charge in [-0.05, 0) is 43.3 Å². The molecule has 29 heavy (non-hydrogen) atoms. The second kappa shape index (κ2) is 9.22. The third-order valence-electron chi connectivity index (χ3n) is 3.92. The molecule has 0 bridgehead atoms. The highest BCUT2D eigenvalue weighted by atomic mass is 19.4. The molecule has 2 amide bonds. The molecule has 2 aromatic rings. The number of hydrogen-bond donors (Lipinski definition) is 1. The van der Waals surface area contributed by atoms with Crippen molar-refractivity contribution in [2.45, 2.75) is 13.1 Å². The predicted molar refractivity (Wildman–Crippen MR) is 99.2 cm³/mol. The van der Waals surface area contributed by atoms with Crippen LogP contribution >= 0.6 is 0 Å². The number of rotatable bonds is 6. The molecule has 0 aliphatic heterocycles. The lowest BCUT2D eigenvalue weighted by molar-refractivity contribution is -0.137. The zero-order valence-corrected chi connectivity index (χ0v) is 15.7. The molecule has 0 unspecified atom stereocenters. The van der Waals surface area contributed by atoms with E-state index in [0.717, 1.165) is 34.7 Å². The highest BCUT2D eigenvalue weighted by molar-refractivity contribution is 5.95. The van der Waals surface area contributed by atoms with E-state index in [0.29, 0.717) is 5.69 Å². The fourth-order valence-electron chi connectivity index (χ4n) is 2.26. The van der Waals surface area contributed by atoms with Crippen molar-refractivity contribution in [3.63, 3.8) is 0 Å². The summed E-state index contributed by atoms with van der Waals surface area (Å²) in [6.45, 7) is 1.00. The minimum Gasteiger partial charge on any atom is -0.452 e. The molecule has 0 aromatic heterocycles. The minimum absolute atomic E-state index is 0.120. The van der Waals surface area contributed by atoms with Crippen LogP contribution in [0.3, 0.4) is 0 Å². The third-order valence-corrected chi connectivity index (χ3v) is 3.92. The number of nitrogens with one attached hydrogen (secondary N) is 1. The van der Waals surface area contributed by atoms with Gasteiger partial charge in [0.15, 0.2) is 6.61 Å². The summed E-state index contributed by atoms with van der Waals surface area (Å²) in [6, 6.07) is 10.5. The maximum absolute atomic E-state index is 12.5. The van der Waals surface area contributed by atoms with Gasteiger partial charge in [-0.15, -0.1) is 0 Å². The second-order valence-corrected chi connectivity index (χ2v) is 6.32. The fraction of sp³-hybridized carbons (Fsp3) is 0.250. The van der Waals surface area contributed by atoms with Crippen LogP contribution in [0.1, 0.15) is 21.5 Å². The number of amides is 2. The Bertz CT molecular complexity index is 878. The minimum atomic E-state index is -4.51. The van der Waals surface area contributed by atoms with E-state index in [4.69, 9.17) is 4.74 Å². The monoisotopic (exact) mass is 408 g/mol. The number of hydrogen-bond acceptors (Lipinski definition) is 4. The van der Waals surface area contributed by atoms with E-state index in [1.807, 2.05) is 19.1 Å². The van der Waals surface area contributed by atoms with Gasteiger partial charge in [0.2, 0.25) is 5.91 Å². The van der Waals surface area contributed by atoms with Gasteiger partial charge in [-0.1, -0.05) is 17.7 Å². The number of benzene rings is 2. The molecular formula is C20H19F3N2O4. The summed E-state index contributed by atoms with van der Waals surface area (Å²) in [4.78, 5) is 36.9. The fourth-order valence-corrected chi connectivity index (χ4v) is 2.26. The topological polar surface area (TPSA) is 75.7 Å². The van der Waals surface area contributed by atoms with Crippen LogP contribution in [0.2, 0.25) is 0 Å². The largest absolute Gasteiger partial charge is 0.452 e. The average molecular weight is 408 g/mol. The lowest BCUT2D eigenvalue weighted by atomic mass is 10.1. The number of carbonyl (C=O) groups is 3. The van der Waals surface area contributed by atoms with Crippen LogP contribution in [0.25, 0.3) is 0 Å². The smallest absolute Gasteiger partial charge is 0.416 e. The molecular weight excluding hydrogens is 389 g/mol. The Labute approximate surface area is 165 Å². The lowest BCUT2D eigenvalue weighted by Gasteiger charge is -2.17. The van der Waals surface area contributed by atoms with Crippen LogP contribution in [0.4, 0.5) is 18.9 Å². The van der Waals surface area contributed by atoms with E-state index in [9.17, 15) is 27.6 Å². The molecule has 0 saturated carbocycles. The average Bonchev–Trinajstić information content (AvgIpc) is 2.67. The Morgan fingerprint density at radius 2 is 1.59 bits per heavy atom. The SMILES string of the molecule is Cc1ccc(NC(=O)CN(C)C(=O)COC(=O)c2ccc(C(F)(F)F)cc2)cc1. The molecule has 0 aliphatic rings. The number of alkyl halides is 3. The van der Waals surface area contributed by atoms with Crippen molar-refractivity contribution in [2.24, 2.45) is 0 Å². The van der Waals surface area contributed by atoms with Gasteiger partial charge in [0.25, 0.3) is 5.91 Å². The van der Waals surface area contributed by atoms with Crippen molar-refractivity contribution < 1.29 is 32.3 Å². The van der Waals surface area contributed by atoms with Gasteiger partial charge in [-0.3, -0.25) is 9.59 Å². The van der Waals surface area contributed by atoms with Crippen molar-refractivity contribution in [3.8, 4) is 0 Å². The molecule has 1 N–H and O–H groups in total. The van der Waals surface area contributed by atoms with Crippen molar-refractivity contribution in [1.82, 2.24) is 4.90 Å². The zero-order valence-electron chi connectivity index (χ0n) is 15.7. The Kier molecular flexibility index (Phi) is 6.98. The number of esters is 1. The van der Waals surface area contributed by atoms with Gasteiger partial charge in [-0.2, -0.15) is 13.2 Å². The summed E-state index contributed by atoms with van der Waals surface area (Å²) in [5.74, 6) is -2.01. The van der Waals surface area contributed by atoms with Crippen LogP contribution in [0, 0.1) is 6.92 Å². The molecule has 0 spiro atoms. The van der Waals surface area contributed by atoms with E-state index in [1.54, 1.807) is 12.1 Å². The Hall–Kier alpha value is -3.36. The number of nitrogens with zero attached hydrogens (tertiary/aromatic N) is 1. The highest BCUT2D eigenvalue weighted by Gasteiger charge is 2.30. The van der Waals surface area contributed by atoms with Crippen LogP contribution in [-0.2, 0) is 20.5 Å². The molecule has 0 saturated heterocycles. The third kappa shape index (κ3) is 6.63. The molecule has 2 aromatic carbocycles. The van der Waals surface area contributed by atoms with E-state index in [1.165, 1.54) is 7.05 Å². The lowest BCUT2D eigenvalue weighted by Crippen LogP contribution is -2.37. The molecule has 154 valence electrons. The summed E-state index contributed by atoms with van der Waals surface area (Å²) in [7, 11) is 1.36. The normalized spacial score (nSPS) is 10.9. The van der Waals surface area contributed by atoms with Gasteiger partial charge in [-0.25, -0.2) is 4.79 Å². The summed E-state index contributed by atoms with van der Waals surface area (Å²) in [6.07, 6.45) is -4.51. The van der Waals surface area contributed by atoms with Crippen LogP contribution < -0.4 is 5.32 Å². The van der Waals surface area contributed by atoms with Crippen molar-refractivity contribution in [1.29, 1.82) is 0 Å². The summed E-state index contributed by atoms with van der Waals surface area (Å²) in [5, 5.41) is 2.63. The van der Waals surface area contributed by atoms with Crippen molar-refractivity contribution in [3.05, 3.63) is 65.2 Å². The van der Waals surface area contributed by atoms with Gasteiger partial charge in [0.05, 0.1) is 17.7 Å². The molecule has 0 atom stereocenters. The first-order valence-corrected chi connectivity index (χ1v) is 8.51. The second-order valence-electron chi connectivity index (χ2n) is 6.32. The first-order valence-electron chi connectivity index (χ1n) is 8.51. The maximum atomic E-state index is 12.5.